The highest BCUT2D eigenvalue weighted by Crippen LogP contribution is 2.23. The Morgan fingerprint density at radius 2 is 2.10 bits per heavy atom. The number of benzene rings is 1. The molecule has 0 bridgehead atoms. The molecule has 0 amide bonds. The summed E-state index contributed by atoms with van der Waals surface area (Å²) in [5, 5.41) is 4.32. The van der Waals surface area contributed by atoms with Crippen molar-refractivity contribution in [2.45, 2.75) is 38.0 Å². The molecule has 1 heterocycles. The molecule has 4 heteroatoms. The van der Waals surface area contributed by atoms with E-state index >= 15 is 0 Å². The van der Waals surface area contributed by atoms with Crippen LogP contribution >= 0.6 is 11.8 Å². The van der Waals surface area contributed by atoms with Gasteiger partial charge in [0.1, 0.15) is 5.82 Å². The average Bonchev–Trinajstić information content (AvgIpc) is 2.52. The molecule has 1 N–H and O–H groups in total. The first-order valence-electron chi connectivity index (χ1n) is 8.05. The third kappa shape index (κ3) is 5.28. The maximum absolute atomic E-state index is 13.1. The number of halogens is 1. The summed E-state index contributed by atoms with van der Waals surface area (Å²) in [4.78, 5) is 2.58. The van der Waals surface area contributed by atoms with Crippen LogP contribution in [0.1, 0.15) is 38.3 Å². The largest absolute Gasteiger partial charge is 0.310 e. The topological polar surface area (TPSA) is 15.3 Å². The SMILES string of the molecule is CCNC(CCN1CCSC(CC)C1)c1ccc(F)cc1. The maximum atomic E-state index is 13.1. The predicted molar refractivity (Wildman–Crippen MR) is 90.4 cm³/mol. The number of nitrogens with zero attached hydrogens (tertiary/aromatic N) is 1. The van der Waals surface area contributed by atoms with Crippen LogP contribution in [-0.2, 0) is 0 Å². The van der Waals surface area contributed by atoms with E-state index in [1.165, 1.54) is 30.8 Å². The van der Waals surface area contributed by atoms with Gasteiger partial charge in [-0.3, -0.25) is 0 Å². The van der Waals surface area contributed by atoms with Crippen molar-refractivity contribution in [2.24, 2.45) is 0 Å². The van der Waals surface area contributed by atoms with Crippen molar-refractivity contribution in [3.8, 4) is 0 Å². The highest BCUT2D eigenvalue weighted by atomic mass is 32.2. The first kappa shape index (κ1) is 16.8. The van der Waals surface area contributed by atoms with Gasteiger partial charge in [-0.05, 0) is 37.1 Å². The quantitative estimate of drug-likeness (QED) is 0.827. The minimum atomic E-state index is -0.159. The Kier molecular flexibility index (Phi) is 7.00. The third-order valence-corrected chi connectivity index (χ3v) is 5.51. The molecule has 1 saturated heterocycles. The van der Waals surface area contributed by atoms with Gasteiger partial charge in [0.25, 0.3) is 0 Å². The van der Waals surface area contributed by atoms with Gasteiger partial charge in [0.15, 0.2) is 0 Å². The molecule has 0 aliphatic carbocycles. The molecule has 2 nitrogen and oxygen atoms in total. The van der Waals surface area contributed by atoms with Crippen molar-refractivity contribution in [1.29, 1.82) is 0 Å². The van der Waals surface area contributed by atoms with Gasteiger partial charge in [0.05, 0.1) is 0 Å². The first-order chi connectivity index (χ1) is 10.2. The van der Waals surface area contributed by atoms with E-state index in [-0.39, 0.29) is 5.82 Å². The zero-order chi connectivity index (χ0) is 15.1. The number of hydrogen-bond donors (Lipinski definition) is 1. The van der Waals surface area contributed by atoms with Crippen LogP contribution in [0.2, 0.25) is 0 Å². The summed E-state index contributed by atoms with van der Waals surface area (Å²) in [6.45, 7) is 8.87. The van der Waals surface area contributed by atoms with Gasteiger partial charge in [-0.2, -0.15) is 11.8 Å². The van der Waals surface area contributed by atoms with Crippen LogP contribution in [0.5, 0.6) is 0 Å². The number of nitrogens with one attached hydrogen (secondary N) is 1. The third-order valence-electron chi connectivity index (χ3n) is 4.14. The fourth-order valence-corrected chi connectivity index (χ4v) is 4.12. The van der Waals surface area contributed by atoms with E-state index in [9.17, 15) is 4.39 Å². The van der Waals surface area contributed by atoms with E-state index < -0.39 is 0 Å². The molecule has 118 valence electrons. The van der Waals surface area contributed by atoms with Crippen LogP contribution in [0.3, 0.4) is 0 Å². The fourth-order valence-electron chi connectivity index (χ4n) is 2.87. The van der Waals surface area contributed by atoms with Crippen LogP contribution < -0.4 is 5.32 Å². The van der Waals surface area contributed by atoms with Crippen LogP contribution in [0.25, 0.3) is 0 Å². The molecule has 0 aromatic heterocycles. The summed E-state index contributed by atoms with van der Waals surface area (Å²) < 4.78 is 13.1. The van der Waals surface area contributed by atoms with Crippen molar-refractivity contribution in [2.75, 3.05) is 31.9 Å². The molecule has 21 heavy (non-hydrogen) atoms. The van der Waals surface area contributed by atoms with Gasteiger partial charge < -0.3 is 10.2 Å². The van der Waals surface area contributed by atoms with Gasteiger partial charge in [-0.1, -0.05) is 26.0 Å². The van der Waals surface area contributed by atoms with Gasteiger partial charge in [0, 0.05) is 36.7 Å². The summed E-state index contributed by atoms with van der Waals surface area (Å²) in [6, 6.07) is 7.26. The van der Waals surface area contributed by atoms with Gasteiger partial charge in [-0.25, -0.2) is 4.39 Å². The fraction of sp³-hybridized carbons (Fsp3) is 0.647. The summed E-state index contributed by atoms with van der Waals surface area (Å²) >= 11 is 2.11. The molecule has 2 atom stereocenters. The van der Waals surface area contributed by atoms with Crippen LogP contribution in [-0.4, -0.2) is 42.1 Å². The summed E-state index contributed by atoms with van der Waals surface area (Å²) in [5.74, 6) is 1.09. The Hall–Kier alpha value is -0.580. The number of thioether (sulfide) groups is 1. The Morgan fingerprint density at radius 3 is 2.76 bits per heavy atom. The van der Waals surface area contributed by atoms with Crippen molar-refractivity contribution < 1.29 is 4.39 Å². The average molecular weight is 310 g/mol. The molecule has 0 spiro atoms. The molecule has 2 rings (SSSR count). The van der Waals surface area contributed by atoms with E-state index in [2.05, 4.69) is 35.8 Å². The van der Waals surface area contributed by atoms with Gasteiger partial charge >= 0.3 is 0 Å². The summed E-state index contributed by atoms with van der Waals surface area (Å²) in [7, 11) is 0. The molecule has 1 aliphatic rings. The van der Waals surface area contributed by atoms with Gasteiger partial charge in [-0.15, -0.1) is 0 Å². The highest BCUT2D eigenvalue weighted by molar-refractivity contribution is 8.00. The normalized spacial score (nSPS) is 21.4. The molecule has 1 aliphatic heterocycles. The zero-order valence-corrected chi connectivity index (χ0v) is 14.0. The second-order valence-corrected chi connectivity index (χ2v) is 7.06. The first-order valence-corrected chi connectivity index (χ1v) is 9.10. The van der Waals surface area contributed by atoms with E-state index in [1.54, 1.807) is 12.1 Å². The Bertz CT molecular complexity index is 410. The molecule has 1 aromatic rings. The lowest BCUT2D eigenvalue weighted by Gasteiger charge is -2.33. The minimum Gasteiger partial charge on any atom is -0.310 e. The van der Waals surface area contributed by atoms with Crippen molar-refractivity contribution >= 4 is 11.8 Å². The lowest BCUT2D eigenvalue weighted by molar-refractivity contribution is 0.263. The summed E-state index contributed by atoms with van der Waals surface area (Å²) in [5.41, 5.74) is 1.19. The monoisotopic (exact) mass is 310 g/mol. The predicted octanol–water partition coefficient (Wildman–Crippen LogP) is 3.69. The minimum absolute atomic E-state index is 0.159. The molecule has 2 unspecified atom stereocenters. The van der Waals surface area contributed by atoms with Crippen molar-refractivity contribution in [1.82, 2.24) is 10.2 Å². The van der Waals surface area contributed by atoms with E-state index in [0.717, 1.165) is 24.8 Å². The smallest absolute Gasteiger partial charge is 0.123 e. The highest BCUT2D eigenvalue weighted by Gasteiger charge is 2.20. The van der Waals surface area contributed by atoms with Crippen molar-refractivity contribution in [3.05, 3.63) is 35.6 Å². The van der Waals surface area contributed by atoms with Crippen LogP contribution in [0, 0.1) is 5.82 Å². The second kappa shape index (κ2) is 8.76. The molecular weight excluding hydrogens is 283 g/mol. The van der Waals surface area contributed by atoms with Crippen LogP contribution in [0.15, 0.2) is 24.3 Å². The summed E-state index contributed by atoms with van der Waals surface area (Å²) in [6.07, 6.45) is 2.34. The molecule has 0 saturated carbocycles. The van der Waals surface area contributed by atoms with E-state index in [0.29, 0.717) is 6.04 Å². The lowest BCUT2D eigenvalue weighted by Crippen LogP contribution is -2.39. The standard InChI is InChI=1S/C17H27FN2S/c1-3-16-13-20(11-12-21-16)10-9-17(19-4-2)14-5-7-15(18)8-6-14/h5-8,16-17,19H,3-4,9-13H2,1-2H3. The Labute approximate surface area is 132 Å². The number of hydrogen-bond acceptors (Lipinski definition) is 3. The maximum Gasteiger partial charge on any atom is 0.123 e. The second-order valence-electron chi connectivity index (χ2n) is 5.65. The molecular formula is C17H27FN2S. The van der Waals surface area contributed by atoms with Crippen LogP contribution in [0.4, 0.5) is 4.39 Å². The molecule has 1 aromatic carbocycles. The number of rotatable bonds is 7. The van der Waals surface area contributed by atoms with Gasteiger partial charge in [0.2, 0.25) is 0 Å². The van der Waals surface area contributed by atoms with E-state index in [4.69, 9.17) is 0 Å². The molecule has 1 fully saturated rings. The van der Waals surface area contributed by atoms with E-state index in [1.807, 2.05) is 12.1 Å². The molecule has 0 radical (unpaired) electrons. The Morgan fingerprint density at radius 1 is 1.33 bits per heavy atom. The lowest BCUT2D eigenvalue weighted by atomic mass is 10.0. The zero-order valence-electron chi connectivity index (χ0n) is 13.1. The Balaban J connectivity index is 1.89. The van der Waals surface area contributed by atoms with Crippen molar-refractivity contribution in [3.63, 3.8) is 0 Å².